The lowest BCUT2D eigenvalue weighted by molar-refractivity contribution is -0.137. The number of alkyl halides is 3. The minimum absolute atomic E-state index is 0.0847. The molecule has 1 aliphatic heterocycles. The summed E-state index contributed by atoms with van der Waals surface area (Å²) < 4.78 is 44.5. The summed E-state index contributed by atoms with van der Waals surface area (Å²) in [5.41, 5.74) is -0.490. The maximum absolute atomic E-state index is 13.4. The van der Waals surface area contributed by atoms with Crippen LogP contribution in [0.3, 0.4) is 0 Å². The molecule has 1 aromatic heterocycles. The zero-order valence-corrected chi connectivity index (χ0v) is 18.9. The third kappa shape index (κ3) is 5.68. The van der Waals surface area contributed by atoms with E-state index in [9.17, 15) is 22.8 Å². The number of hydrogen-bond acceptors (Lipinski definition) is 7. The molecule has 1 atom stereocenters. The molecule has 184 valence electrons. The Morgan fingerprint density at radius 2 is 1.97 bits per heavy atom. The van der Waals surface area contributed by atoms with E-state index in [1.54, 1.807) is 12.1 Å². The van der Waals surface area contributed by atoms with Gasteiger partial charge in [0.25, 0.3) is 12.4 Å². The number of hydrogen-bond donors (Lipinski definition) is 2. The monoisotopic (exact) mass is 487 g/mol. The quantitative estimate of drug-likeness (QED) is 0.488. The molecule has 0 radical (unpaired) electrons. The maximum Gasteiger partial charge on any atom is 0.416 e. The van der Waals surface area contributed by atoms with Gasteiger partial charge in [-0.15, -0.1) is 10.2 Å². The first-order valence-electron chi connectivity index (χ1n) is 11.0. The van der Waals surface area contributed by atoms with Gasteiger partial charge in [0.05, 0.1) is 11.3 Å². The van der Waals surface area contributed by atoms with Gasteiger partial charge in [-0.1, -0.05) is 30.3 Å². The fourth-order valence-electron chi connectivity index (χ4n) is 4.21. The standard InChI is InChI=1S/C24H24F3N5O3/c1-32-10-4-5-16(12-32)28-23-18-7-3-2-6-17(18)22(30-31-23)19-9-8-15(24(25,26)27)11-20(19)29-21(34)13-35-14-33/h2-3,6-9,11,14,16H,4-5,10,12-13H2,1H3,(H,28,31)(H,29,34)/t16-/m1/s1. The van der Waals surface area contributed by atoms with Gasteiger partial charge in [-0.3, -0.25) is 9.59 Å². The molecule has 1 amide bonds. The number of nitrogens with one attached hydrogen (secondary N) is 2. The Labute approximate surface area is 199 Å². The normalized spacial score (nSPS) is 16.6. The average Bonchev–Trinajstić information content (AvgIpc) is 2.83. The Morgan fingerprint density at radius 3 is 2.69 bits per heavy atom. The van der Waals surface area contributed by atoms with Crippen molar-refractivity contribution in [1.29, 1.82) is 0 Å². The Kier molecular flexibility index (Phi) is 7.15. The lowest BCUT2D eigenvalue weighted by atomic mass is 10.0. The van der Waals surface area contributed by atoms with Crippen LogP contribution in [0.15, 0.2) is 42.5 Å². The van der Waals surface area contributed by atoms with Crippen LogP contribution < -0.4 is 10.6 Å². The fraction of sp³-hybridized carbons (Fsp3) is 0.333. The second-order valence-corrected chi connectivity index (χ2v) is 8.40. The van der Waals surface area contributed by atoms with E-state index in [2.05, 4.69) is 37.5 Å². The highest BCUT2D eigenvalue weighted by Crippen LogP contribution is 2.38. The van der Waals surface area contributed by atoms with Gasteiger partial charge in [0, 0.05) is 28.9 Å². The number of anilines is 2. The number of likely N-dealkylation sites (N-methyl/N-ethyl adjacent to an activating group) is 1. The number of ether oxygens (including phenoxy) is 1. The lowest BCUT2D eigenvalue weighted by Gasteiger charge is -2.30. The van der Waals surface area contributed by atoms with Crippen molar-refractivity contribution in [2.75, 3.05) is 37.4 Å². The van der Waals surface area contributed by atoms with Gasteiger partial charge < -0.3 is 20.3 Å². The number of carbonyl (C=O) groups excluding carboxylic acids is 2. The number of fused-ring (bicyclic) bond motifs is 1. The third-order valence-corrected chi connectivity index (χ3v) is 5.81. The minimum Gasteiger partial charge on any atom is -0.458 e. The highest BCUT2D eigenvalue weighted by Gasteiger charge is 2.32. The smallest absolute Gasteiger partial charge is 0.416 e. The predicted molar refractivity (Wildman–Crippen MR) is 125 cm³/mol. The largest absolute Gasteiger partial charge is 0.458 e. The first-order valence-corrected chi connectivity index (χ1v) is 11.0. The highest BCUT2D eigenvalue weighted by atomic mass is 19.4. The van der Waals surface area contributed by atoms with Crippen molar-refractivity contribution in [1.82, 2.24) is 15.1 Å². The van der Waals surface area contributed by atoms with Crippen LogP contribution in [0.4, 0.5) is 24.7 Å². The molecular formula is C24H24F3N5O3. The molecule has 2 N–H and O–H groups in total. The SMILES string of the molecule is CN1CCC[C@@H](Nc2nnc(-c3ccc(C(F)(F)F)cc3NC(=O)COC=O)c3ccccc23)C1. The van der Waals surface area contributed by atoms with Crippen molar-refractivity contribution in [2.24, 2.45) is 0 Å². The molecule has 11 heteroatoms. The molecule has 8 nitrogen and oxygen atoms in total. The van der Waals surface area contributed by atoms with Gasteiger partial charge in [-0.25, -0.2) is 0 Å². The lowest BCUT2D eigenvalue weighted by Crippen LogP contribution is -2.40. The van der Waals surface area contributed by atoms with E-state index in [1.807, 2.05) is 12.1 Å². The summed E-state index contributed by atoms with van der Waals surface area (Å²) in [6, 6.07) is 10.5. The van der Waals surface area contributed by atoms with Gasteiger partial charge in [-0.05, 0) is 38.6 Å². The Hall–Kier alpha value is -3.73. The molecule has 2 heterocycles. The zero-order valence-electron chi connectivity index (χ0n) is 18.9. The Balaban J connectivity index is 1.76. The number of likely N-dealkylation sites (tertiary alicyclic amines) is 1. The van der Waals surface area contributed by atoms with E-state index >= 15 is 0 Å². The summed E-state index contributed by atoms with van der Waals surface area (Å²) >= 11 is 0. The van der Waals surface area contributed by atoms with E-state index < -0.39 is 24.3 Å². The van der Waals surface area contributed by atoms with Crippen molar-refractivity contribution in [3.63, 3.8) is 0 Å². The number of amides is 1. The Morgan fingerprint density at radius 1 is 1.20 bits per heavy atom. The number of halogens is 3. The second-order valence-electron chi connectivity index (χ2n) is 8.40. The van der Waals surface area contributed by atoms with Crippen LogP contribution in [0.2, 0.25) is 0 Å². The van der Waals surface area contributed by atoms with Crippen molar-refractivity contribution in [2.45, 2.75) is 25.1 Å². The van der Waals surface area contributed by atoms with Gasteiger partial charge in [0.15, 0.2) is 12.4 Å². The molecule has 0 bridgehead atoms. The van der Waals surface area contributed by atoms with Crippen LogP contribution in [-0.4, -0.2) is 60.3 Å². The molecule has 0 saturated carbocycles. The van der Waals surface area contributed by atoms with E-state index in [4.69, 9.17) is 0 Å². The van der Waals surface area contributed by atoms with Crippen LogP contribution in [0.5, 0.6) is 0 Å². The number of piperidine rings is 1. The fourth-order valence-corrected chi connectivity index (χ4v) is 4.21. The molecule has 2 aromatic carbocycles. The second kappa shape index (κ2) is 10.3. The summed E-state index contributed by atoms with van der Waals surface area (Å²) in [7, 11) is 2.06. The third-order valence-electron chi connectivity index (χ3n) is 5.81. The molecule has 35 heavy (non-hydrogen) atoms. The van der Waals surface area contributed by atoms with Crippen LogP contribution >= 0.6 is 0 Å². The number of benzene rings is 2. The molecule has 1 fully saturated rings. The van der Waals surface area contributed by atoms with E-state index in [0.29, 0.717) is 16.9 Å². The molecule has 0 spiro atoms. The zero-order chi connectivity index (χ0) is 25.0. The van der Waals surface area contributed by atoms with Gasteiger partial charge in [0.2, 0.25) is 0 Å². The number of nitrogens with zero attached hydrogens (tertiary/aromatic N) is 3. The first kappa shape index (κ1) is 24.4. The molecule has 3 aromatic rings. The van der Waals surface area contributed by atoms with E-state index in [-0.39, 0.29) is 23.8 Å². The van der Waals surface area contributed by atoms with Gasteiger partial charge in [-0.2, -0.15) is 13.2 Å². The van der Waals surface area contributed by atoms with Crippen LogP contribution in [0.1, 0.15) is 18.4 Å². The van der Waals surface area contributed by atoms with Crippen molar-refractivity contribution in [3.8, 4) is 11.3 Å². The average molecular weight is 487 g/mol. The number of aromatic nitrogens is 2. The summed E-state index contributed by atoms with van der Waals surface area (Å²) in [4.78, 5) is 24.8. The van der Waals surface area contributed by atoms with E-state index in [0.717, 1.165) is 43.5 Å². The maximum atomic E-state index is 13.4. The highest BCUT2D eigenvalue weighted by molar-refractivity contribution is 6.04. The molecular weight excluding hydrogens is 463 g/mol. The minimum atomic E-state index is -4.62. The van der Waals surface area contributed by atoms with E-state index in [1.165, 1.54) is 6.07 Å². The Bertz CT molecular complexity index is 1230. The summed E-state index contributed by atoms with van der Waals surface area (Å²) in [6.07, 6.45) is -2.58. The van der Waals surface area contributed by atoms with Gasteiger partial charge >= 0.3 is 6.18 Å². The molecule has 0 aliphatic carbocycles. The summed E-state index contributed by atoms with van der Waals surface area (Å²) in [6.45, 7) is 1.34. The van der Waals surface area contributed by atoms with Crippen molar-refractivity contribution >= 4 is 34.7 Å². The van der Waals surface area contributed by atoms with Crippen LogP contribution in [-0.2, 0) is 20.5 Å². The predicted octanol–water partition coefficient (Wildman–Crippen LogP) is 3.93. The number of rotatable bonds is 7. The summed E-state index contributed by atoms with van der Waals surface area (Å²) in [5, 5.41) is 16.0. The van der Waals surface area contributed by atoms with Crippen LogP contribution in [0, 0.1) is 0 Å². The van der Waals surface area contributed by atoms with Crippen molar-refractivity contribution in [3.05, 3.63) is 48.0 Å². The van der Waals surface area contributed by atoms with Crippen molar-refractivity contribution < 1.29 is 27.5 Å². The summed E-state index contributed by atoms with van der Waals surface area (Å²) in [5.74, 6) is -0.198. The molecule has 0 unspecified atom stereocenters. The van der Waals surface area contributed by atoms with Gasteiger partial charge in [0.1, 0.15) is 5.69 Å². The first-order chi connectivity index (χ1) is 16.8. The molecule has 4 rings (SSSR count). The topological polar surface area (TPSA) is 96.5 Å². The van der Waals surface area contributed by atoms with Crippen LogP contribution in [0.25, 0.3) is 22.0 Å². The molecule has 1 saturated heterocycles. The number of carbonyl (C=O) groups is 2. The molecule has 1 aliphatic rings.